The molecule has 0 bridgehead atoms. The molecule has 0 saturated heterocycles. The number of para-hydroxylation sites is 1. The fraction of sp³-hybridized carbons (Fsp3) is 0.125. The first kappa shape index (κ1) is 11.2. The van der Waals surface area contributed by atoms with Crippen molar-refractivity contribution >= 4 is 16.7 Å². The summed E-state index contributed by atoms with van der Waals surface area (Å²) >= 11 is 0. The highest BCUT2D eigenvalue weighted by molar-refractivity contribution is 5.87. The molecule has 3 aromatic heterocycles. The molecule has 20 heavy (non-hydrogen) atoms. The Morgan fingerprint density at radius 3 is 2.95 bits per heavy atom. The van der Waals surface area contributed by atoms with Crippen LogP contribution < -0.4 is 0 Å². The van der Waals surface area contributed by atoms with E-state index >= 15 is 0 Å². The van der Waals surface area contributed by atoms with Gasteiger partial charge in [0.15, 0.2) is 5.76 Å². The number of hydrogen-bond donors (Lipinski definition) is 0. The number of furan rings is 1. The van der Waals surface area contributed by atoms with Gasteiger partial charge in [-0.1, -0.05) is 25.1 Å². The van der Waals surface area contributed by atoms with Crippen molar-refractivity contribution < 1.29 is 4.42 Å². The number of imidazole rings is 1. The Morgan fingerprint density at radius 2 is 2.10 bits per heavy atom. The molecule has 0 saturated carbocycles. The highest BCUT2D eigenvalue weighted by Gasteiger charge is 2.16. The number of aryl methyl sites for hydroxylation is 1. The summed E-state index contributed by atoms with van der Waals surface area (Å²) in [6.07, 6.45) is 6.55. The van der Waals surface area contributed by atoms with Crippen molar-refractivity contribution in [2.45, 2.75) is 13.3 Å². The number of hydrogen-bond acceptors (Lipinski definition) is 3. The van der Waals surface area contributed by atoms with Gasteiger partial charge in [-0.2, -0.15) is 0 Å². The van der Waals surface area contributed by atoms with Gasteiger partial charge >= 0.3 is 0 Å². The molecule has 98 valence electrons. The summed E-state index contributed by atoms with van der Waals surface area (Å²) in [6, 6.07) is 9.99. The van der Waals surface area contributed by atoms with E-state index < -0.39 is 0 Å². The average Bonchev–Trinajstić information content (AvgIpc) is 3.07. The zero-order valence-corrected chi connectivity index (χ0v) is 11.1. The van der Waals surface area contributed by atoms with E-state index in [-0.39, 0.29) is 0 Å². The van der Waals surface area contributed by atoms with E-state index in [1.54, 1.807) is 6.20 Å². The van der Waals surface area contributed by atoms with Crippen molar-refractivity contribution in [3.63, 3.8) is 0 Å². The summed E-state index contributed by atoms with van der Waals surface area (Å²) in [4.78, 5) is 8.79. The van der Waals surface area contributed by atoms with Crippen LogP contribution in [0.5, 0.6) is 0 Å². The molecule has 4 rings (SSSR count). The third-order valence-corrected chi connectivity index (χ3v) is 3.52. The van der Waals surface area contributed by atoms with Gasteiger partial charge in [0.05, 0.1) is 0 Å². The van der Waals surface area contributed by atoms with Gasteiger partial charge in [0.1, 0.15) is 11.3 Å². The van der Waals surface area contributed by atoms with Crippen LogP contribution in [0.2, 0.25) is 0 Å². The summed E-state index contributed by atoms with van der Waals surface area (Å²) in [7, 11) is 0. The summed E-state index contributed by atoms with van der Waals surface area (Å²) in [5.41, 5.74) is 2.94. The number of nitrogens with zero attached hydrogens (tertiary/aromatic N) is 3. The molecule has 0 N–H and O–H groups in total. The Hall–Kier alpha value is -2.62. The van der Waals surface area contributed by atoms with Crippen LogP contribution in [0.25, 0.3) is 28.2 Å². The van der Waals surface area contributed by atoms with E-state index in [1.165, 1.54) is 5.56 Å². The molecule has 4 aromatic rings. The summed E-state index contributed by atoms with van der Waals surface area (Å²) < 4.78 is 7.91. The topological polar surface area (TPSA) is 43.3 Å². The third kappa shape index (κ3) is 1.54. The van der Waals surface area contributed by atoms with Crippen LogP contribution in [0.15, 0.2) is 53.3 Å². The Balaban J connectivity index is 2.01. The van der Waals surface area contributed by atoms with E-state index in [0.717, 1.165) is 28.8 Å². The maximum absolute atomic E-state index is 6.00. The second-order valence-corrected chi connectivity index (χ2v) is 4.71. The first-order valence-corrected chi connectivity index (χ1v) is 6.67. The Morgan fingerprint density at radius 1 is 1.20 bits per heavy atom. The summed E-state index contributed by atoms with van der Waals surface area (Å²) in [6.45, 7) is 2.13. The third-order valence-electron chi connectivity index (χ3n) is 3.52. The molecular formula is C16H13N3O. The minimum Gasteiger partial charge on any atom is -0.454 e. The van der Waals surface area contributed by atoms with E-state index in [4.69, 9.17) is 4.42 Å². The molecule has 4 heteroatoms. The van der Waals surface area contributed by atoms with Gasteiger partial charge in [-0.05, 0) is 18.6 Å². The maximum Gasteiger partial charge on any atom is 0.234 e. The zero-order valence-electron chi connectivity index (χ0n) is 11.1. The van der Waals surface area contributed by atoms with Gasteiger partial charge in [0, 0.05) is 29.5 Å². The molecule has 0 aliphatic carbocycles. The molecule has 0 aliphatic heterocycles. The lowest BCUT2D eigenvalue weighted by atomic mass is 10.1. The van der Waals surface area contributed by atoms with Gasteiger partial charge < -0.3 is 4.42 Å². The molecule has 0 radical (unpaired) electrons. The van der Waals surface area contributed by atoms with E-state index in [0.29, 0.717) is 5.78 Å². The first-order chi connectivity index (χ1) is 9.86. The van der Waals surface area contributed by atoms with Crippen molar-refractivity contribution in [3.8, 4) is 11.5 Å². The Labute approximate surface area is 115 Å². The number of rotatable bonds is 2. The predicted octanol–water partition coefficient (Wildman–Crippen LogP) is 3.70. The lowest BCUT2D eigenvalue weighted by Crippen LogP contribution is -1.83. The van der Waals surface area contributed by atoms with Crippen molar-refractivity contribution in [1.29, 1.82) is 0 Å². The molecule has 0 fully saturated rings. The van der Waals surface area contributed by atoms with Crippen molar-refractivity contribution in [1.82, 2.24) is 14.4 Å². The lowest BCUT2D eigenvalue weighted by molar-refractivity contribution is 0.625. The summed E-state index contributed by atoms with van der Waals surface area (Å²) in [5, 5.41) is 1.16. The normalized spacial score (nSPS) is 11.4. The largest absolute Gasteiger partial charge is 0.454 e. The molecule has 3 heterocycles. The van der Waals surface area contributed by atoms with Crippen LogP contribution in [-0.4, -0.2) is 14.4 Å². The highest BCUT2D eigenvalue weighted by atomic mass is 16.3. The van der Waals surface area contributed by atoms with Crippen LogP contribution in [0.3, 0.4) is 0 Å². The quantitative estimate of drug-likeness (QED) is 0.553. The van der Waals surface area contributed by atoms with E-state index in [2.05, 4.69) is 23.0 Å². The van der Waals surface area contributed by atoms with Gasteiger partial charge in [-0.3, -0.25) is 4.40 Å². The molecule has 1 aromatic carbocycles. The number of benzene rings is 1. The zero-order chi connectivity index (χ0) is 13.5. The van der Waals surface area contributed by atoms with E-state index in [1.807, 2.05) is 41.1 Å². The lowest BCUT2D eigenvalue weighted by Gasteiger charge is -1.95. The molecule has 0 spiro atoms. The molecular weight excluding hydrogens is 250 g/mol. The smallest absolute Gasteiger partial charge is 0.234 e. The van der Waals surface area contributed by atoms with Gasteiger partial charge in [-0.25, -0.2) is 9.97 Å². The Bertz CT molecular complexity index is 871. The maximum atomic E-state index is 6.00. The fourth-order valence-electron chi connectivity index (χ4n) is 2.60. The Kier molecular flexibility index (Phi) is 2.36. The highest BCUT2D eigenvalue weighted by Crippen LogP contribution is 2.33. The van der Waals surface area contributed by atoms with Crippen LogP contribution in [0.4, 0.5) is 0 Å². The summed E-state index contributed by atoms with van der Waals surface area (Å²) in [5.74, 6) is 1.53. The predicted molar refractivity (Wildman–Crippen MR) is 77.6 cm³/mol. The van der Waals surface area contributed by atoms with Crippen molar-refractivity contribution in [2.75, 3.05) is 0 Å². The molecule has 4 nitrogen and oxygen atoms in total. The van der Waals surface area contributed by atoms with Crippen LogP contribution in [-0.2, 0) is 6.42 Å². The number of fused-ring (bicyclic) bond motifs is 2. The van der Waals surface area contributed by atoms with Gasteiger partial charge in [0.25, 0.3) is 0 Å². The molecule has 0 amide bonds. The van der Waals surface area contributed by atoms with Gasteiger partial charge in [0.2, 0.25) is 5.78 Å². The van der Waals surface area contributed by atoms with Gasteiger partial charge in [-0.15, -0.1) is 0 Å². The second kappa shape index (κ2) is 4.20. The standard InChI is InChI=1S/C16H13N3O/c1-2-11-12-6-3-4-7-14(12)20-15(11)13-10-19-9-5-8-17-16(19)18-13/h3-10H,2H2,1H3. The second-order valence-electron chi connectivity index (χ2n) is 4.71. The SMILES string of the molecule is CCc1c(-c2cn3cccnc3n2)oc2ccccc12. The minimum absolute atomic E-state index is 0.685. The van der Waals surface area contributed by atoms with Crippen molar-refractivity contribution in [3.05, 3.63) is 54.5 Å². The molecule has 0 aliphatic rings. The fourth-order valence-corrected chi connectivity index (χ4v) is 2.60. The average molecular weight is 263 g/mol. The molecule has 0 unspecified atom stereocenters. The van der Waals surface area contributed by atoms with Crippen LogP contribution in [0.1, 0.15) is 12.5 Å². The monoisotopic (exact) mass is 263 g/mol. The van der Waals surface area contributed by atoms with Crippen LogP contribution >= 0.6 is 0 Å². The number of aromatic nitrogens is 3. The first-order valence-electron chi connectivity index (χ1n) is 6.67. The van der Waals surface area contributed by atoms with Crippen molar-refractivity contribution in [2.24, 2.45) is 0 Å². The van der Waals surface area contributed by atoms with Crippen LogP contribution in [0, 0.1) is 0 Å². The minimum atomic E-state index is 0.685. The molecule has 0 atom stereocenters. The van der Waals surface area contributed by atoms with E-state index in [9.17, 15) is 0 Å².